The van der Waals surface area contributed by atoms with Gasteiger partial charge in [0.25, 0.3) is 0 Å². The zero-order chi connectivity index (χ0) is 12.1. The van der Waals surface area contributed by atoms with E-state index in [4.69, 9.17) is 10.5 Å². The van der Waals surface area contributed by atoms with Gasteiger partial charge in [-0.3, -0.25) is 4.79 Å². The van der Waals surface area contributed by atoms with Crippen molar-refractivity contribution in [2.24, 2.45) is 0 Å². The maximum absolute atomic E-state index is 11.3. The number of amides is 1. The van der Waals surface area contributed by atoms with Crippen molar-refractivity contribution >= 4 is 11.6 Å². The minimum Gasteiger partial charge on any atom is -0.491 e. The van der Waals surface area contributed by atoms with Gasteiger partial charge in [0.15, 0.2) is 0 Å². The van der Waals surface area contributed by atoms with Crippen molar-refractivity contribution < 1.29 is 9.53 Å². The summed E-state index contributed by atoms with van der Waals surface area (Å²) in [5, 5.41) is 0. The van der Waals surface area contributed by atoms with Gasteiger partial charge in [0.05, 0.1) is 18.7 Å². The first-order valence-electron chi connectivity index (χ1n) is 5.20. The summed E-state index contributed by atoms with van der Waals surface area (Å²) in [5.41, 5.74) is 7.46. The lowest BCUT2D eigenvalue weighted by molar-refractivity contribution is -0.129. The van der Waals surface area contributed by atoms with E-state index in [1.165, 1.54) is 0 Å². The van der Waals surface area contributed by atoms with E-state index in [0.717, 1.165) is 5.56 Å². The van der Waals surface area contributed by atoms with E-state index in [1.54, 1.807) is 19.0 Å². The molecule has 0 bridgehead atoms. The molecule has 16 heavy (non-hydrogen) atoms. The van der Waals surface area contributed by atoms with Gasteiger partial charge in [0.1, 0.15) is 5.75 Å². The molecule has 1 aromatic rings. The van der Waals surface area contributed by atoms with Gasteiger partial charge in [-0.2, -0.15) is 0 Å². The number of anilines is 1. The molecule has 0 aliphatic rings. The third-order valence-electron chi connectivity index (χ3n) is 2.36. The predicted octanol–water partition coefficient (Wildman–Crippen LogP) is 1.43. The maximum atomic E-state index is 11.3. The number of carbonyl (C=O) groups excluding carboxylic acids is 1. The molecule has 0 heterocycles. The van der Waals surface area contributed by atoms with Gasteiger partial charge in [0, 0.05) is 14.1 Å². The standard InChI is InChI=1S/C12H18N2O2/c1-9-5-4-6-10(12(9)13)16-8-7-11(15)14(2)3/h4-6H,7-8,13H2,1-3H3. The fourth-order valence-corrected chi connectivity index (χ4v) is 1.25. The summed E-state index contributed by atoms with van der Waals surface area (Å²) in [6, 6.07) is 5.62. The molecule has 1 rings (SSSR count). The Hall–Kier alpha value is -1.71. The third kappa shape index (κ3) is 3.15. The molecule has 88 valence electrons. The Kier molecular flexibility index (Phi) is 4.17. The second-order valence-corrected chi connectivity index (χ2v) is 3.87. The SMILES string of the molecule is Cc1cccc(OCCC(=O)N(C)C)c1N. The van der Waals surface area contributed by atoms with Crippen molar-refractivity contribution in [3.05, 3.63) is 23.8 Å². The van der Waals surface area contributed by atoms with Crippen LogP contribution in [0.4, 0.5) is 5.69 Å². The topological polar surface area (TPSA) is 55.6 Å². The van der Waals surface area contributed by atoms with E-state index in [1.807, 2.05) is 25.1 Å². The molecule has 0 saturated carbocycles. The zero-order valence-electron chi connectivity index (χ0n) is 9.99. The van der Waals surface area contributed by atoms with Crippen molar-refractivity contribution in [2.45, 2.75) is 13.3 Å². The maximum Gasteiger partial charge on any atom is 0.225 e. The van der Waals surface area contributed by atoms with Crippen molar-refractivity contribution in [3.63, 3.8) is 0 Å². The second-order valence-electron chi connectivity index (χ2n) is 3.87. The van der Waals surface area contributed by atoms with Crippen LogP contribution in [0.15, 0.2) is 18.2 Å². The van der Waals surface area contributed by atoms with E-state index in [2.05, 4.69) is 0 Å². The molecule has 0 spiro atoms. The van der Waals surface area contributed by atoms with Gasteiger partial charge in [0.2, 0.25) is 5.91 Å². The summed E-state index contributed by atoms with van der Waals surface area (Å²) in [6.07, 6.45) is 0.361. The molecule has 0 aromatic heterocycles. The van der Waals surface area contributed by atoms with Crippen LogP contribution < -0.4 is 10.5 Å². The highest BCUT2D eigenvalue weighted by Crippen LogP contribution is 2.24. The first kappa shape index (κ1) is 12.4. The Balaban J connectivity index is 2.49. The molecule has 1 amide bonds. The molecule has 2 N–H and O–H groups in total. The average molecular weight is 222 g/mol. The Labute approximate surface area is 96.0 Å². The molecular formula is C12H18N2O2. The minimum atomic E-state index is 0.0474. The summed E-state index contributed by atoms with van der Waals surface area (Å²) in [6.45, 7) is 2.28. The summed E-state index contributed by atoms with van der Waals surface area (Å²) >= 11 is 0. The Morgan fingerprint density at radius 1 is 1.44 bits per heavy atom. The summed E-state index contributed by atoms with van der Waals surface area (Å²) in [4.78, 5) is 12.8. The number of para-hydroxylation sites is 1. The Morgan fingerprint density at radius 3 is 2.75 bits per heavy atom. The summed E-state index contributed by atoms with van der Waals surface area (Å²) in [7, 11) is 3.45. The van der Waals surface area contributed by atoms with Gasteiger partial charge in [-0.05, 0) is 18.6 Å². The molecule has 0 unspecified atom stereocenters. The van der Waals surface area contributed by atoms with E-state index >= 15 is 0 Å². The number of aryl methyl sites for hydroxylation is 1. The Morgan fingerprint density at radius 2 is 2.12 bits per heavy atom. The van der Waals surface area contributed by atoms with E-state index in [-0.39, 0.29) is 5.91 Å². The monoisotopic (exact) mass is 222 g/mol. The second kappa shape index (κ2) is 5.39. The first-order chi connectivity index (χ1) is 7.52. The number of nitrogens with zero attached hydrogens (tertiary/aromatic N) is 1. The van der Waals surface area contributed by atoms with Crippen LogP contribution in [0, 0.1) is 6.92 Å². The van der Waals surface area contributed by atoms with Crippen molar-refractivity contribution in [1.82, 2.24) is 4.90 Å². The average Bonchev–Trinajstić information content (AvgIpc) is 2.24. The molecule has 4 nitrogen and oxygen atoms in total. The van der Waals surface area contributed by atoms with Crippen LogP contribution >= 0.6 is 0 Å². The van der Waals surface area contributed by atoms with Crippen LogP contribution in [-0.2, 0) is 4.79 Å². The highest BCUT2D eigenvalue weighted by molar-refractivity contribution is 5.75. The highest BCUT2D eigenvalue weighted by atomic mass is 16.5. The van der Waals surface area contributed by atoms with E-state index in [0.29, 0.717) is 24.5 Å². The number of ether oxygens (including phenoxy) is 1. The van der Waals surface area contributed by atoms with Gasteiger partial charge >= 0.3 is 0 Å². The number of hydrogen-bond donors (Lipinski definition) is 1. The number of hydrogen-bond acceptors (Lipinski definition) is 3. The minimum absolute atomic E-state index is 0.0474. The van der Waals surface area contributed by atoms with Crippen molar-refractivity contribution in [1.29, 1.82) is 0 Å². The van der Waals surface area contributed by atoms with Gasteiger partial charge < -0.3 is 15.4 Å². The predicted molar refractivity (Wildman–Crippen MR) is 64.4 cm³/mol. The number of nitrogens with two attached hydrogens (primary N) is 1. The molecule has 4 heteroatoms. The quantitative estimate of drug-likeness (QED) is 0.784. The number of rotatable bonds is 4. The van der Waals surface area contributed by atoms with Crippen LogP contribution in [0.25, 0.3) is 0 Å². The van der Waals surface area contributed by atoms with Crippen LogP contribution in [-0.4, -0.2) is 31.5 Å². The number of benzene rings is 1. The smallest absolute Gasteiger partial charge is 0.225 e. The van der Waals surface area contributed by atoms with E-state index in [9.17, 15) is 4.79 Å². The van der Waals surface area contributed by atoms with Gasteiger partial charge in [-0.15, -0.1) is 0 Å². The largest absolute Gasteiger partial charge is 0.491 e. The fraction of sp³-hybridized carbons (Fsp3) is 0.417. The van der Waals surface area contributed by atoms with Crippen LogP contribution in [0.1, 0.15) is 12.0 Å². The fourth-order valence-electron chi connectivity index (χ4n) is 1.25. The van der Waals surface area contributed by atoms with Crippen molar-refractivity contribution in [2.75, 3.05) is 26.4 Å². The lowest BCUT2D eigenvalue weighted by Crippen LogP contribution is -2.23. The molecular weight excluding hydrogens is 204 g/mol. The lowest BCUT2D eigenvalue weighted by atomic mass is 10.2. The number of nitrogen functional groups attached to an aromatic ring is 1. The molecule has 0 radical (unpaired) electrons. The van der Waals surface area contributed by atoms with Crippen LogP contribution in [0.3, 0.4) is 0 Å². The summed E-state index contributed by atoms with van der Waals surface area (Å²) in [5.74, 6) is 0.692. The first-order valence-corrected chi connectivity index (χ1v) is 5.20. The lowest BCUT2D eigenvalue weighted by Gasteiger charge is -2.12. The molecule has 0 atom stereocenters. The summed E-state index contributed by atoms with van der Waals surface area (Å²) < 4.78 is 5.47. The van der Waals surface area contributed by atoms with Crippen LogP contribution in [0.5, 0.6) is 5.75 Å². The highest BCUT2D eigenvalue weighted by Gasteiger charge is 2.06. The Bertz CT molecular complexity index is 375. The molecule has 0 aliphatic heterocycles. The van der Waals surface area contributed by atoms with Gasteiger partial charge in [-0.25, -0.2) is 0 Å². The van der Waals surface area contributed by atoms with Crippen LogP contribution in [0.2, 0.25) is 0 Å². The third-order valence-corrected chi connectivity index (χ3v) is 2.36. The molecule has 0 fully saturated rings. The zero-order valence-corrected chi connectivity index (χ0v) is 9.99. The normalized spacial score (nSPS) is 9.94. The molecule has 0 saturated heterocycles. The van der Waals surface area contributed by atoms with Crippen molar-refractivity contribution in [3.8, 4) is 5.75 Å². The number of carbonyl (C=O) groups is 1. The van der Waals surface area contributed by atoms with Gasteiger partial charge in [-0.1, -0.05) is 12.1 Å². The molecule has 0 aliphatic carbocycles. The van der Waals surface area contributed by atoms with E-state index < -0.39 is 0 Å². The molecule has 1 aromatic carbocycles.